The molecule has 1 saturated carbocycles. The SMILES string of the molecule is Cc1oc(-c2ccncc2)cc1C(Oc1ccccc1C(=O)O)C1CCCCC1. The molecule has 4 rings (SSSR count). The van der Waals surface area contributed by atoms with Crippen LogP contribution in [0.1, 0.15) is 59.9 Å². The number of furan rings is 1. The first-order chi connectivity index (χ1) is 14.1. The zero-order chi connectivity index (χ0) is 20.2. The molecule has 0 saturated heterocycles. The second-order valence-corrected chi connectivity index (χ2v) is 7.60. The van der Waals surface area contributed by atoms with Crippen molar-refractivity contribution in [2.75, 3.05) is 0 Å². The number of carboxylic acids is 1. The Hall–Kier alpha value is -3.08. The molecular formula is C24H25NO4. The molecule has 1 unspecified atom stereocenters. The van der Waals surface area contributed by atoms with Gasteiger partial charge in [-0.25, -0.2) is 4.79 Å². The average molecular weight is 391 g/mol. The summed E-state index contributed by atoms with van der Waals surface area (Å²) < 4.78 is 12.5. The first-order valence-electron chi connectivity index (χ1n) is 10.1. The lowest BCUT2D eigenvalue weighted by Crippen LogP contribution is -2.22. The molecule has 1 fully saturated rings. The van der Waals surface area contributed by atoms with Crippen LogP contribution in [0.5, 0.6) is 5.75 Å². The van der Waals surface area contributed by atoms with Crippen LogP contribution in [-0.2, 0) is 0 Å². The molecular weight excluding hydrogens is 366 g/mol. The molecule has 0 radical (unpaired) electrons. The van der Waals surface area contributed by atoms with Gasteiger partial charge >= 0.3 is 5.97 Å². The van der Waals surface area contributed by atoms with Gasteiger partial charge < -0.3 is 14.3 Å². The Morgan fingerprint density at radius 2 is 1.86 bits per heavy atom. The van der Waals surface area contributed by atoms with E-state index in [1.54, 1.807) is 30.6 Å². The Morgan fingerprint density at radius 1 is 1.14 bits per heavy atom. The minimum atomic E-state index is -0.982. The molecule has 1 N–H and O–H groups in total. The number of aryl methyl sites for hydroxylation is 1. The molecule has 2 aromatic heterocycles. The molecule has 5 nitrogen and oxygen atoms in total. The molecule has 150 valence electrons. The van der Waals surface area contributed by atoms with Gasteiger partial charge in [0.1, 0.15) is 28.9 Å². The molecule has 29 heavy (non-hydrogen) atoms. The largest absolute Gasteiger partial charge is 0.484 e. The number of hydrogen-bond donors (Lipinski definition) is 1. The lowest BCUT2D eigenvalue weighted by atomic mass is 9.82. The molecule has 0 bridgehead atoms. The molecule has 3 aromatic rings. The van der Waals surface area contributed by atoms with Gasteiger partial charge in [-0.1, -0.05) is 31.4 Å². The maximum atomic E-state index is 11.7. The summed E-state index contributed by atoms with van der Waals surface area (Å²) in [6, 6.07) is 12.7. The summed E-state index contributed by atoms with van der Waals surface area (Å²) >= 11 is 0. The van der Waals surface area contributed by atoms with Crippen LogP contribution in [0.3, 0.4) is 0 Å². The van der Waals surface area contributed by atoms with Crippen molar-refractivity contribution in [1.82, 2.24) is 4.98 Å². The second-order valence-electron chi connectivity index (χ2n) is 7.60. The van der Waals surface area contributed by atoms with E-state index in [9.17, 15) is 9.90 Å². The highest BCUT2D eigenvalue weighted by atomic mass is 16.5. The molecule has 5 heteroatoms. The van der Waals surface area contributed by atoms with Crippen LogP contribution in [0.15, 0.2) is 59.3 Å². The van der Waals surface area contributed by atoms with Crippen LogP contribution in [-0.4, -0.2) is 16.1 Å². The van der Waals surface area contributed by atoms with Gasteiger partial charge in [0.25, 0.3) is 0 Å². The number of aromatic nitrogens is 1. The van der Waals surface area contributed by atoms with Crippen molar-refractivity contribution < 1.29 is 19.1 Å². The Labute approximate surface area is 170 Å². The lowest BCUT2D eigenvalue weighted by molar-refractivity contribution is 0.0675. The smallest absolute Gasteiger partial charge is 0.339 e. The van der Waals surface area contributed by atoms with Crippen molar-refractivity contribution in [2.45, 2.75) is 45.1 Å². The van der Waals surface area contributed by atoms with Crippen LogP contribution in [0.2, 0.25) is 0 Å². The summed E-state index contributed by atoms with van der Waals surface area (Å²) in [5, 5.41) is 9.56. The van der Waals surface area contributed by atoms with E-state index >= 15 is 0 Å². The third-order valence-electron chi connectivity index (χ3n) is 5.68. The first kappa shape index (κ1) is 19.2. The summed E-state index contributed by atoms with van der Waals surface area (Å²) in [5.74, 6) is 1.33. The van der Waals surface area contributed by atoms with E-state index in [-0.39, 0.29) is 11.7 Å². The molecule has 0 aliphatic heterocycles. The van der Waals surface area contributed by atoms with Crippen molar-refractivity contribution in [2.24, 2.45) is 5.92 Å². The van der Waals surface area contributed by atoms with Crippen molar-refractivity contribution in [3.63, 3.8) is 0 Å². The Bertz CT molecular complexity index is 974. The van der Waals surface area contributed by atoms with Gasteiger partial charge in [-0.2, -0.15) is 0 Å². The number of benzene rings is 1. The number of hydrogen-bond acceptors (Lipinski definition) is 4. The van der Waals surface area contributed by atoms with Gasteiger partial charge in [0.05, 0.1) is 0 Å². The topological polar surface area (TPSA) is 72.6 Å². The van der Waals surface area contributed by atoms with Crippen LogP contribution >= 0.6 is 0 Å². The number of aromatic carboxylic acids is 1. The third kappa shape index (κ3) is 4.19. The van der Waals surface area contributed by atoms with Crippen molar-refractivity contribution >= 4 is 5.97 Å². The van der Waals surface area contributed by atoms with E-state index in [4.69, 9.17) is 9.15 Å². The summed E-state index contributed by atoms with van der Waals surface area (Å²) in [5.41, 5.74) is 2.13. The number of pyridine rings is 1. The highest BCUT2D eigenvalue weighted by Crippen LogP contribution is 2.41. The first-order valence-corrected chi connectivity index (χ1v) is 10.1. The molecule has 0 amide bonds. The quantitative estimate of drug-likeness (QED) is 0.554. The summed E-state index contributed by atoms with van der Waals surface area (Å²) in [4.78, 5) is 15.7. The summed E-state index contributed by atoms with van der Waals surface area (Å²) in [7, 11) is 0. The van der Waals surface area contributed by atoms with Crippen LogP contribution in [0.25, 0.3) is 11.3 Å². The Balaban J connectivity index is 1.72. The van der Waals surface area contributed by atoms with Gasteiger partial charge in [-0.3, -0.25) is 4.98 Å². The predicted molar refractivity (Wildman–Crippen MR) is 110 cm³/mol. The lowest BCUT2D eigenvalue weighted by Gasteiger charge is -2.31. The van der Waals surface area contributed by atoms with E-state index < -0.39 is 5.97 Å². The van der Waals surface area contributed by atoms with E-state index in [2.05, 4.69) is 4.98 Å². The van der Waals surface area contributed by atoms with Gasteiger partial charge in [0, 0.05) is 29.4 Å². The molecule has 1 aliphatic carbocycles. The van der Waals surface area contributed by atoms with E-state index in [1.807, 2.05) is 31.2 Å². The van der Waals surface area contributed by atoms with Crippen molar-refractivity contribution in [3.05, 3.63) is 71.7 Å². The zero-order valence-electron chi connectivity index (χ0n) is 16.5. The van der Waals surface area contributed by atoms with Gasteiger partial charge in [-0.05, 0) is 50.1 Å². The monoisotopic (exact) mass is 391 g/mol. The molecule has 2 heterocycles. The summed E-state index contributed by atoms with van der Waals surface area (Å²) in [6.07, 6.45) is 8.94. The number of rotatable bonds is 6. The maximum absolute atomic E-state index is 11.7. The zero-order valence-corrected chi connectivity index (χ0v) is 16.5. The predicted octanol–water partition coefficient (Wildman–Crippen LogP) is 6.05. The molecule has 1 aliphatic rings. The number of nitrogens with zero attached hydrogens (tertiary/aromatic N) is 1. The van der Waals surface area contributed by atoms with Crippen LogP contribution < -0.4 is 4.74 Å². The van der Waals surface area contributed by atoms with Crippen molar-refractivity contribution in [3.8, 4) is 17.1 Å². The standard InChI is InChI=1S/C24H25NO4/c1-16-20(15-22(28-16)17-11-13-25-14-12-17)23(18-7-3-2-4-8-18)29-21-10-6-5-9-19(21)24(26)27/h5-6,9-15,18,23H,2-4,7-8H2,1H3,(H,26,27). The van der Waals surface area contributed by atoms with Gasteiger partial charge in [0.2, 0.25) is 0 Å². The van der Waals surface area contributed by atoms with Crippen LogP contribution in [0, 0.1) is 12.8 Å². The van der Waals surface area contributed by atoms with E-state index in [0.29, 0.717) is 11.7 Å². The Kier molecular flexibility index (Phi) is 5.65. The number of para-hydroxylation sites is 1. The highest BCUT2D eigenvalue weighted by molar-refractivity contribution is 5.90. The maximum Gasteiger partial charge on any atom is 0.339 e. The van der Waals surface area contributed by atoms with Gasteiger partial charge in [-0.15, -0.1) is 0 Å². The third-order valence-corrected chi connectivity index (χ3v) is 5.68. The van der Waals surface area contributed by atoms with Crippen LogP contribution in [0.4, 0.5) is 0 Å². The van der Waals surface area contributed by atoms with E-state index in [1.165, 1.54) is 19.3 Å². The highest BCUT2D eigenvalue weighted by Gasteiger charge is 2.31. The van der Waals surface area contributed by atoms with Gasteiger partial charge in [0.15, 0.2) is 0 Å². The molecule has 1 aromatic carbocycles. The fourth-order valence-electron chi connectivity index (χ4n) is 4.17. The number of ether oxygens (including phenoxy) is 1. The normalized spacial score (nSPS) is 15.8. The van der Waals surface area contributed by atoms with Crippen molar-refractivity contribution in [1.29, 1.82) is 0 Å². The fraction of sp³-hybridized carbons (Fsp3) is 0.333. The summed E-state index contributed by atoms with van der Waals surface area (Å²) in [6.45, 7) is 1.95. The minimum Gasteiger partial charge on any atom is -0.484 e. The number of carbonyl (C=O) groups is 1. The number of carboxylic acid groups (broad SMARTS) is 1. The second kappa shape index (κ2) is 8.52. The average Bonchev–Trinajstić information content (AvgIpc) is 3.15. The minimum absolute atomic E-state index is 0.184. The molecule has 1 atom stereocenters. The fourth-order valence-corrected chi connectivity index (χ4v) is 4.17. The van der Waals surface area contributed by atoms with E-state index in [0.717, 1.165) is 35.5 Å². The molecule has 0 spiro atoms. The Morgan fingerprint density at radius 3 is 2.59 bits per heavy atom.